The summed E-state index contributed by atoms with van der Waals surface area (Å²) in [4.78, 5) is 21.8. The predicted octanol–water partition coefficient (Wildman–Crippen LogP) is 6.37. The second kappa shape index (κ2) is 16.2. The number of aliphatic hydroxyl groups is 1. The molecule has 0 unspecified atom stereocenters. The van der Waals surface area contributed by atoms with Crippen LogP contribution in [0.3, 0.4) is 0 Å². The lowest BCUT2D eigenvalue weighted by molar-refractivity contribution is -0.308. The first-order valence-corrected chi connectivity index (χ1v) is 14.8. The zero-order valence-electron chi connectivity index (χ0n) is 25.5. The fraction of sp³-hybridized carbons (Fsp3) is 0.636. The van der Waals surface area contributed by atoms with Crippen LogP contribution in [0, 0.1) is 11.8 Å². The van der Waals surface area contributed by atoms with Crippen LogP contribution in [-0.2, 0) is 23.8 Å². The van der Waals surface area contributed by atoms with Gasteiger partial charge in [-0.1, -0.05) is 75.6 Å². The van der Waals surface area contributed by atoms with Crippen molar-refractivity contribution in [1.82, 2.24) is 0 Å². The van der Waals surface area contributed by atoms with Crippen LogP contribution in [0.2, 0.25) is 0 Å². The van der Waals surface area contributed by atoms with Crippen LogP contribution in [0.25, 0.3) is 0 Å². The smallest absolute Gasteiger partial charge is 0.328 e. The number of unbranched alkanes of at least 4 members (excludes halogenated alkanes) is 1. The third kappa shape index (κ3) is 10.7. The Hall–Kier alpha value is -2.52. The maximum Gasteiger partial charge on any atom is 0.328 e. The lowest BCUT2D eigenvalue weighted by atomic mass is 9.85. The highest BCUT2D eigenvalue weighted by Crippen LogP contribution is 2.50. The Morgan fingerprint density at radius 1 is 1.02 bits per heavy atom. The molecule has 0 bridgehead atoms. The molecule has 2 aliphatic rings. The number of carbonyl (C=O) groups is 2. The molecule has 8 nitrogen and oxygen atoms in total. The number of aliphatic carboxylic acids is 2. The van der Waals surface area contributed by atoms with Crippen LogP contribution < -0.4 is 0 Å². The van der Waals surface area contributed by atoms with Crippen molar-refractivity contribution < 1.29 is 39.1 Å². The predicted molar refractivity (Wildman–Crippen MR) is 159 cm³/mol. The molecule has 0 radical (unpaired) electrons. The van der Waals surface area contributed by atoms with Gasteiger partial charge in [-0.3, -0.25) is 0 Å². The van der Waals surface area contributed by atoms with E-state index in [2.05, 4.69) is 19.9 Å². The van der Waals surface area contributed by atoms with Gasteiger partial charge in [0.25, 0.3) is 0 Å². The molecule has 2 rings (SSSR count). The van der Waals surface area contributed by atoms with Gasteiger partial charge in [-0.25, -0.2) is 9.59 Å². The van der Waals surface area contributed by atoms with E-state index in [4.69, 9.17) is 24.4 Å². The number of carboxylic acid groups (broad SMARTS) is 2. The van der Waals surface area contributed by atoms with Crippen LogP contribution in [0.15, 0.2) is 59.8 Å². The Morgan fingerprint density at radius 3 is 2.37 bits per heavy atom. The molecule has 1 spiro atoms. The molecule has 0 aromatic rings. The molecule has 7 atom stereocenters. The summed E-state index contributed by atoms with van der Waals surface area (Å²) in [5.74, 6) is -2.65. The van der Waals surface area contributed by atoms with E-state index in [-0.39, 0.29) is 18.1 Å². The van der Waals surface area contributed by atoms with E-state index < -0.39 is 29.4 Å². The first kappa shape index (κ1) is 34.7. The third-order valence-corrected chi connectivity index (χ3v) is 8.22. The quantitative estimate of drug-likeness (QED) is 0.152. The number of ether oxygens (including phenoxy) is 3. The van der Waals surface area contributed by atoms with Crippen LogP contribution in [0.4, 0.5) is 0 Å². The van der Waals surface area contributed by atoms with Crippen molar-refractivity contribution in [3.05, 3.63) is 59.8 Å². The summed E-state index contributed by atoms with van der Waals surface area (Å²) in [7, 11) is 1.67. The molecule has 2 fully saturated rings. The fourth-order valence-corrected chi connectivity index (χ4v) is 5.59. The summed E-state index contributed by atoms with van der Waals surface area (Å²) in [6.45, 7) is 9.85. The second-order valence-corrected chi connectivity index (χ2v) is 11.7. The van der Waals surface area contributed by atoms with Crippen molar-refractivity contribution in [3.63, 3.8) is 0 Å². The minimum atomic E-state index is -1.03. The molecule has 8 heteroatoms. The van der Waals surface area contributed by atoms with E-state index in [0.717, 1.165) is 56.6 Å². The van der Waals surface area contributed by atoms with Crippen molar-refractivity contribution in [3.8, 4) is 0 Å². The minimum Gasteiger partial charge on any atom is -0.478 e. The average Bonchev–Trinajstić information content (AvgIpc) is 3.28. The number of aliphatic hydroxyl groups excluding tert-OH is 1. The number of hydrogen-bond donors (Lipinski definition) is 3. The summed E-state index contributed by atoms with van der Waals surface area (Å²) < 4.78 is 19.6. The Kier molecular flexibility index (Phi) is 13.7. The molecule has 0 saturated carbocycles. The Bertz CT molecular complexity index is 1020. The van der Waals surface area contributed by atoms with Gasteiger partial charge in [0, 0.05) is 38.0 Å². The van der Waals surface area contributed by atoms with E-state index in [1.807, 2.05) is 19.1 Å². The van der Waals surface area contributed by atoms with Crippen LogP contribution in [0.1, 0.15) is 86.0 Å². The van der Waals surface area contributed by atoms with E-state index >= 15 is 0 Å². The molecule has 230 valence electrons. The normalized spacial score (nSPS) is 30.0. The minimum absolute atomic E-state index is 0.0197. The standard InChI is InChI=1S/C33H50O8/c1-7-8-18-32(29(39-6)15-11-24(3)22-31(37)38)20-21-33(41-32)19-17-26(5)28(40-33)14-10-23(2)9-13-27(34)25(4)12-16-30(35)36/h9-13,15-16,22,25-29,34H,7-8,14,17-21H2,1-6H3,(H,35,36)(H,37,38)/b13-9+,15-11+,16-12+,23-10+,24-22+/t25-,26-,27+,28+,29-,32+,33-/m0/s1. The molecule has 41 heavy (non-hydrogen) atoms. The highest BCUT2D eigenvalue weighted by atomic mass is 16.7. The maximum atomic E-state index is 11.1. The van der Waals surface area contributed by atoms with Gasteiger partial charge < -0.3 is 29.5 Å². The van der Waals surface area contributed by atoms with Crippen LogP contribution in [0.5, 0.6) is 0 Å². The van der Waals surface area contributed by atoms with Gasteiger partial charge >= 0.3 is 11.9 Å². The molecule has 2 saturated heterocycles. The van der Waals surface area contributed by atoms with E-state index in [0.29, 0.717) is 17.9 Å². The maximum absolute atomic E-state index is 11.1. The highest BCUT2D eigenvalue weighted by Gasteiger charge is 2.55. The topological polar surface area (TPSA) is 123 Å². The molecule has 0 aromatic heterocycles. The van der Waals surface area contributed by atoms with Crippen molar-refractivity contribution in [2.24, 2.45) is 11.8 Å². The van der Waals surface area contributed by atoms with Crippen LogP contribution in [-0.4, -0.2) is 64.1 Å². The van der Waals surface area contributed by atoms with Crippen molar-refractivity contribution in [2.75, 3.05) is 7.11 Å². The summed E-state index contributed by atoms with van der Waals surface area (Å²) in [5.41, 5.74) is 1.08. The lowest BCUT2D eigenvalue weighted by Gasteiger charge is -2.44. The number of allylic oxidation sites excluding steroid dienone is 4. The first-order chi connectivity index (χ1) is 19.3. The monoisotopic (exact) mass is 574 g/mol. The van der Waals surface area contributed by atoms with Gasteiger partial charge in [-0.05, 0) is 51.0 Å². The molecule has 2 heterocycles. The zero-order chi connectivity index (χ0) is 30.6. The largest absolute Gasteiger partial charge is 0.478 e. The van der Waals surface area contributed by atoms with Gasteiger partial charge in [0.2, 0.25) is 0 Å². The molecule has 0 aromatic carbocycles. The number of rotatable bonds is 15. The third-order valence-electron chi connectivity index (χ3n) is 8.22. The van der Waals surface area contributed by atoms with Crippen molar-refractivity contribution >= 4 is 11.9 Å². The average molecular weight is 575 g/mol. The lowest BCUT2D eigenvalue weighted by Crippen LogP contribution is -2.49. The summed E-state index contributed by atoms with van der Waals surface area (Å²) in [6, 6.07) is 0. The Morgan fingerprint density at radius 2 is 1.73 bits per heavy atom. The molecule has 0 amide bonds. The van der Waals surface area contributed by atoms with E-state index in [1.54, 1.807) is 33.1 Å². The Balaban J connectivity index is 2.15. The van der Waals surface area contributed by atoms with E-state index in [1.165, 1.54) is 12.2 Å². The molecule has 0 aliphatic carbocycles. The summed E-state index contributed by atoms with van der Waals surface area (Å²) >= 11 is 0. The summed E-state index contributed by atoms with van der Waals surface area (Å²) in [5, 5.41) is 28.2. The van der Waals surface area contributed by atoms with Gasteiger partial charge in [0.15, 0.2) is 5.79 Å². The fourth-order valence-electron chi connectivity index (χ4n) is 5.59. The summed E-state index contributed by atoms with van der Waals surface area (Å²) in [6.07, 6.45) is 18.8. The van der Waals surface area contributed by atoms with Crippen molar-refractivity contribution in [1.29, 1.82) is 0 Å². The first-order valence-electron chi connectivity index (χ1n) is 14.8. The Labute approximate surface area is 245 Å². The van der Waals surface area contributed by atoms with Gasteiger partial charge in [0.1, 0.15) is 11.7 Å². The number of carboxylic acids is 2. The molecular weight excluding hydrogens is 524 g/mol. The van der Waals surface area contributed by atoms with Gasteiger partial charge in [-0.2, -0.15) is 0 Å². The molecular formula is C33H50O8. The number of methoxy groups -OCH3 is 1. The van der Waals surface area contributed by atoms with Gasteiger partial charge in [0.05, 0.1) is 12.2 Å². The van der Waals surface area contributed by atoms with Gasteiger partial charge in [-0.15, -0.1) is 0 Å². The van der Waals surface area contributed by atoms with Crippen molar-refractivity contribution in [2.45, 2.75) is 116 Å². The second-order valence-electron chi connectivity index (χ2n) is 11.7. The molecule has 2 aliphatic heterocycles. The van der Waals surface area contributed by atoms with Crippen LogP contribution >= 0.6 is 0 Å². The van der Waals surface area contributed by atoms with E-state index in [9.17, 15) is 14.7 Å². The zero-order valence-corrected chi connectivity index (χ0v) is 25.5. The SMILES string of the molecule is CCCC[C@]1([C@H](/C=C/C(C)=C/C(=O)O)OC)CC[C@]2(CC[C@H](C)[C@@H](C/C=C(C)/C=C/[C@@H](O)[C@@H](C)/C=C/C(=O)O)O2)O1. The highest BCUT2D eigenvalue weighted by molar-refractivity contribution is 5.81. The molecule has 3 N–H and O–H groups in total. The number of hydrogen-bond acceptors (Lipinski definition) is 6.